The van der Waals surface area contributed by atoms with Crippen LogP contribution in [0.1, 0.15) is 38.2 Å². The lowest BCUT2D eigenvalue weighted by atomic mass is 9.96. The SMILES string of the molecule is CCC(CCN)CCC(=O)NCc1cccnc1. The summed E-state index contributed by atoms with van der Waals surface area (Å²) in [6.07, 6.45) is 7.10. The Labute approximate surface area is 109 Å². The molecule has 0 saturated carbocycles. The lowest BCUT2D eigenvalue weighted by molar-refractivity contribution is -0.121. The molecule has 0 aliphatic carbocycles. The van der Waals surface area contributed by atoms with Crippen molar-refractivity contribution in [3.63, 3.8) is 0 Å². The lowest BCUT2D eigenvalue weighted by Crippen LogP contribution is -2.23. The highest BCUT2D eigenvalue weighted by atomic mass is 16.1. The van der Waals surface area contributed by atoms with Crippen LogP contribution in [0, 0.1) is 5.92 Å². The first-order chi connectivity index (χ1) is 8.76. The van der Waals surface area contributed by atoms with Crippen molar-refractivity contribution in [2.24, 2.45) is 11.7 Å². The minimum Gasteiger partial charge on any atom is -0.352 e. The Morgan fingerprint density at radius 2 is 2.33 bits per heavy atom. The van der Waals surface area contributed by atoms with Gasteiger partial charge < -0.3 is 11.1 Å². The minimum atomic E-state index is 0.106. The largest absolute Gasteiger partial charge is 0.352 e. The Morgan fingerprint density at radius 1 is 1.50 bits per heavy atom. The molecular weight excluding hydrogens is 226 g/mol. The van der Waals surface area contributed by atoms with Gasteiger partial charge in [-0.1, -0.05) is 19.4 Å². The monoisotopic (exact) mass is 249 g/mol. The number of nitrogens with zero attached hydrogens (tertiary/aromatic N) is 1. The van der Waals surface area contributed by atoms with E-state index >= 15 is 0 Å². The highest BCUT2D eigenvalue weighted by molar-refractivity contribution is 5.75. The quantitative estimate of drug-likeness (QED) is 0.739. The van der Waals surface area contributed by atoms with Crippen LogP contribution in [0.15, 0.2) is 24.5 Å². The van der Waals surface area contributed by atoms with Crippen molar-refractivity contribution in [3.05, 3.63) is 30.1 Å². The summed E-state index contributed by atoms with van der Waals surface area (Å²) in [7, 11) is 0. The first kappa shape index (κ1) is 14.6. The Morgan fingerprint density at radius 3 is 2.94 bits per heavy atom. The zero-order valence-corrected chi connectivity index (χ0v) is 11.1. The molecule has 4 heteroatoms. The first-order valence-corrected chi connectivity index (χ1v) is 6.62. The van der Waals surface area contributed by atoms with Gasteiger partial charge in [-0.2, -0.15) is 0 Å². The van der Waals surface area contributed by atoms with Crippen molar-refractivity contribution in [3.8, 4) is 0 Å². The summed E-state index contributed by atoms with van der Waals surface area (Å²) in [6, 6.07) is 3.83. The molecule has 1 aromatic heterocycles. The summed E-state index contributed by atoms with van der Waals surface area (Å²) < 4.78 is 0. The maximum atomic E-state index is 11.7. The number of carbonyl (C=O) groups excluding carboxylic acids is 1. The van der Waals surface area contributed by atoms with E-state index in [0.29, 0.717) is 25.4 Å². The van der Waals surface area contributed by atoms with E-state index in [1.807, 2.05) is 12.1 Å². The Kier molecular flexibility index (Phi) is 7.03. The molecule has 1 rings (SSSR count). The van der Waals surface area contributed by atoms with Crippen LogP contribution in [0.2, 0.25) is 0 Å². The van der Waals surface area contributed by atoms with Crippen LogP contribution < -0.4 is 11.1 Å². The predicted octanol–water partition coefficient (Wildman–Crippen LogP) is 1.85. The number of pyridine rings is 1. The second-order valence-electron chi connectivity index (χ2n) is 4.53. The van der Waals surface area contributed by atoms with Crippen LogP contribution in [-0.4, -0.2) is 17.4 Å². The highest BCUT2D eigenvalue weighted by Gasteiger charge is 2.08. The number of hydrogen-bond acceptors (Lipinski definition) is 3. The molecule has 0 aromatic carbocycles. The average Bonchev–Trinajstić information content (AvgIpc) is 2.42. The zero-order valence-electron chi connectivity index (χ0n) is 11.1. The van der Waals surface area contributed by atoms with Gasteiger partial charge in [-0.15, -0.1) is 0 Å². The van der Waals surface area contributed by atoms with Crippen molar-refractivity contribution in [1.82, 2.24) is 10.3 Å². The third-order valence-corrected chi connectivity index (χ3v) is 3.14. The second kappa shape index (κ2) is 8.64. The summed E-state index contributed by atoms with van der Waals surface area (Å²) in [5.74, 6) is 0.675. The molecule has 0 spiro atoms. The molecular formula is C14H23N3O. The number of nitrogens with two attached hydrogens (primary N) is 1. The van der Waals surface area contributed by atoms with Gasteiger partial charge in [0, 0.05) is 25.4 Å². The minimum absolute atomic E-state index is 0.106. The maximum Gasteiger partial charge on any atom is 0.220 e. The van der Waals surface area contributed by atoms with Crippen molar-refractivity contribution in [1.29, 1.82) is 0 Å². The molecule has 0 aliphatic rings. The third kappa shape index (κ3) is 5.77. The van der Waals surface area contributed by atoms with Gasteiger partial charge in [0.1, 0.15) is 0 Å². The molecule has 0 aliphatic heterocycles. The molecule has 18 heavy (non-hydrogen) atoms. The van der Waals surface area contributed by atoms with Gasteiger partial charge in [0.15, 0.2) is 0 Å². The summed E-state index contributed by atoms with van der Waals surface area (Å²) >= 11 is 0. The number of carbonyl (C=O) groups is 1. The van der Waals surface area contributed by atoms with Crippen LogP contribution >= 0.6 is 0 Å². The van der Waals surface area contributed by atoms with Crippen LogP contribution in [0.25, 0.3) is 0 Å². The smallest absolute Gasteiger partial charge is 0.220 e. The van der Waals surface area contributed by atoms with Gasteiger partial charge >= 0.3 is 0 Å². The van der Waals surface area contributed by atoms with Crippen LogP contribution in [0.5, 0.6) is 0 Å². The van der Waals surface area contributed by atoms with Crippen molar-refractivity contribution in [2.45, 2.75) is 39.2 Å². The molecule has 1 atom stereocenters. The molecule has 100 valence electrons. The predicted molar refractivity (Wildman–Crippen MR) is 72.8 cm³/mol. The molecule has 0 fully saturated rings. The van der Waals surface area contributed by atoms with Gasteiger partial charge in [-0.25, -0.2) is 0 Å². The molecule has 3 N–H and O–H groups in total. The topological polar surface area (TPSA) is 68.0 Å². The van der Waals surface area contributed by atoms with E-state index in [2.05, 4.69) is 17.2 Å². The van der Waals surface area contributed by atoms with E-state index in [1.54, 1.807) is 12.4 Å². The van der Waals surface area contributed by atoms with E-state index < -0.39 is 0 Å². The first-order valence-electron chi connectivity index (χ1n) is 6.62. The Balaban J connectivity index is 2.21. The number of amides is 1. The average molecular weight is 249 g/mol. The van der Waals surface area contributed by atoms with E-state index in [4.69, 9.17) is 5.73 Å². The van der Waals surface area contributed by atoms with Crippen LogP contribution in [-0.2, 0) is 11.3 Å². The third-order valence-electron chi connectivity index (χ3n) is 3.14. The van der Waals surface area contributed by atoms with E-state index in [1.165, 1.54) is 0 Å². The molecule has 1 aromatic rings. The summed E-state index contributed by atoms with van der Waals surface area (Å²) in [5, 5.41) is 2.91. The molecule has 0 saturated heterocycles. The second-order valence-corrected chi connectivity index (χ2v) is 4.53. The van der Waals surface area contributed by atoms with Gasteiger partial charge in [0.05, 0.1) is 0 Å². The van der Waals surface area contributed by atoms with Crippen molar-refractivity contribution < 1.29 is 4.79 Å². The zero-order chi connectivity index (χ0) is 13.2. The highest BCUT2D eigenvalue weighted by Crippen LogP contribution is 2.14. The molecule has 0 radical (unpaired) electrons. The summed E-state index contributed by atoms with van der Waals surface area (Å²) in [5.41, 5.74) is 6.57. The molecule has 0 bridgehead atoms. The van der Waals surface area contributed by atoms with Gasteiger partial charge in [0.2, 0.25) is 5.91 Å². The number of rotatable bonds is 8. The van der Waals surface area contributed by atoms with Gasteiger partial charge in [-0.05, 0) is 36.9 Å². The fourth-order valence-corrected chi connectivity index (χ4v) is 1.92. The van der Waals surface area contributed by atoms with E-state index in [9.17, 15) is 4.79 Å². The van der Waals surface area contributed by atoms with Crippen LogP contribution in [0.4, 0.5) is 0 Å². The Bertz CT molecular complexity index is 340. The summed E-state index contributed by atoms with van der Waals surface area (Å²) in [6.45, 7) is 3.41. The maximum absolute atomic E-state index is 11.7. The summed E-state index contributed by atoms with van der Waals surface area (Å²) in [4.78, 5) is 15.7. The fourth-order valence-electron chi connectivity index (χ4n) is 1.92. The van der Waals surface area contributed by atoms with Gasteiger partial charge in [0.25, 0.3) is 0 Å². The van der Waals surface area contributed by atoms with Crippen LogP contribution in [0.3, 0.4) is 0 Å². The normalized spacial score (nSPS) is 12.1. The van der Waals surface area contributed by atoms with E-state index in [-0.39, 0.29) is 5.91 Å². The molecule has 4 nitrogen and oxygen atoms in total. The Hall–Kier alpha value is -1.42. The molecule has 1 unspecified atom stereocenters. The van der Waals surface area contributed by atoms with Crippen molar-refractivity contribution >= 4 is 5.91 Å². The number of nitrogens with one attached hydrogen (secondary N) is 1. The molecule has 1 amide bonds. The standard InChI is InChI=1S/C14H23N3O/c1-2-12(7-8-15)5-6-14(18)17-11-13-4-3-9-16-10-13/h3-4,9-10,12H,2,5-8,11,15H2,1H3,(H,17,18). The van der Waals surface area contributed by atoms with Gasteiger partial charge in [-0.3, -0.25) is 9.78 Å². The van der Waals surface area contributed by atoms with Crippen molar-refractivity contribution in [2.75, 3.05) is 6.54 Å². The number of aromatic nitrogens is 1. The number of hydrogen-bond donors (Lipinski definition) is 2. The lowest BCUT2D eigenvalue weighted by Gasteiger charge is -2.13. The fraction of sp³-hybridized carbons (Fsp3) is 0.571. The van der Waals surface area contributed by atoms with E-state index in [0.717, 1.165) is 24.8 Å². The molecule has 1 heterocycles.